The van der Waals surface area contributed by atoms with Crippen molar-refractivity contribution in [1.29, 1.82) is 5.26 Å². The second-order valence-corrected chi connectivity index (χ2v) is 7.56. The number of esters is 1. The molecule has 1 saturated heterocycles. The van der Waals surface area contributed by atoms with Gasteiger partial charge in [-0.1, -0.05) is 43.7 Å². The molecule has 0 radical (unpaired) electrons. The maximum absolute atomic E-state index is 12.9. The van der Waals surface area contributed by atoms with Crippen LogP contribution in [0, 0.1) is 23.2 Å². The number of benzene rings is 1. The Bertz CT molecular complexity index is 660. The molecule has 1 N–H and O–H groups in total. The quantitative estimate of drug-likeness (QED) is 0.657. The van der Waals surface area contributed by atoms with Crippen LogP contribution in [0.15, 0.2) is 30.3 Å². The van der Waals surface area contributed by atoms with E-state index in [-0.39, 0.29) is 6.04 Å². The number of hydrogen-bond acceptors (Lipinski definition) is 5. The lowest BCUT2D eigenvalue weighted by Gasteiger charge is -2.31. The average molecular weight is 342 g/mol. The van der Waals surface area contributed by atoms with Crippen LogP contribution in [0.4, 0.5) is 0 Å². The smallest absolute Gasteiger partial charge is 0.342 e. The summed E-state index contributed by atoms with van der Waals surface area (Å²) in [6.45, 7) is 7.29. The van der Waals surface area contributed by atoms with E-state index < -0.39 is 28.9 Å². The second kappa shape index (κ2) is 7.37. The zero-order valence-corrected chi connectivity index (χ0v) is 15.3. The SMILES string of the molecule is CCC[C@@H]1[C@@H](C=O)[C@@H](c2ccccc2)N[C@@]1(C#N)C(=O)OC(C)(C)C. The van der Waals surface area contributed by atoms with Crippen LogP contribution >= 0.6 is 0 Å². The largest absolute Gasteiger partial charge is 0.458 e. The Balaban J connectivity index is 2.48. The monoisotopic (exact) mass is 342 g/mol. The van der Waals surface area contributed by atoms with Gasteiger partial charge in [-0.3, -0.25) is 5.32 Å². The molecule has 5 nitrogen and oxygen atoms in total. The summed E-state index contributed by atoms with van der Waals surface area (Å²) in [6.07, 6.45) is 2.23. The predicted octanol–water partition coefficient (Wildman–Crippen LogP) is 3.17. The van der Waals surface area contributed by atoms with Gasteiger partial charge in [-0.05, 0) is 32.8 Å². The first kappa shape index (κ1) is 19.1. The van der Waals surface area contributed by atoms with Gasteiger partial charge in [-0.2, -0.15) is 5.26 Å². The molecule has 134 valence electrons. The Morgan fingerprint density at radius 3 is 2.48 bits per heavy atom. The molecule has 2 rings (SSSR count). The maximum Gasteiger partial charge on any atom is 0.342 e. The summed E-state index contributed by atoms with van der Waals surface area (Å²) in [5.41, 5.74) is -1.34. The van der Waals surface area contributed by atoms with E-state index in [0.717, 1.165) is 18.3 Å². The number of rotatable bonds is 5. The average Bonchev–Trinajstić information content (AvgIpc) is 2.89. The van der Waals surface area contributed by atoms with Gasteiger partial charge in [0.1, 0.15) is 11.9 Å². The van der Waals surface area contributed by atoms with Crippen LogP contribution in [-0.2, 0) is 14.3 Å². The van der Waals surface area contributed by atoms with E-state index in [0.29, 0.717) is 6.42 Å². The lowest BCUT2D eigenvalue weighted by Crippen LogP contribution is -2.54. The Morgan fingerprint density at radius 2 is 2.00 bits per heavy atom. The number of aldehydes is 1. The molecule has 0 aromatic heterocycles. The zero-order chi connectivity index (χ0) is 18.7. The van der Waals surface area contributed by atoms with Gasteiger partial charge in [0.25, 0.3) is 0 Å². The Kier molecular flexibility index (Phi) is 5.64. The molecule has 5 heteroatoms. The Morgan fingerprint density at radius 1 is 1.36 bits per heavy atom. The third-order valence-electron chi connectivity index (χ3n) is 4.60. The number of ether oxygens (including phenoxy) is 1. The third-order valence-corrected chi connectivity index (χ3v) is 4.60. The number of hydrogen-bond donors (Lipinski definition) is 1. The molecule has 0 spiro atoms. The summed E-state index contributed by atoms with van der Waals surface area (Å²) in [7, 11) is 0. The molecule has 0 amide bonds. The lowest BCUT2D eigenvalue weighted by molar-refractivity contribution is -0.162. The molecular formula is C20H26N2O3. The number of nitriles is 1. The summed E-state index contributed by atoms with van der Waals surface area (Å²) in [6, 6.07) is 11.2. The van der Waals surface area contributed by atoms with Crippen LogP contribution in [0.5, 0.6) is 0 Å². The highest BCUT2D eigenvalue weighted by Crippen LogP contribution is 2.45. The van der Waals surface area contributed by atoms with Crippen LogP contribution in [-0.4, -0.2) is 23.4 Å². The van der Waals surface area contributed by atoms with Crippen molar-refractivity contribution < 1.29 is 14.3 Å². The molecule has 0 aliphatic carbocycles. The van der Waals surface area contributed by atoms with E-state index in [1.54, 1.807) is 20.8 Å². The van der Waals surface area contributed by atoms with Crippen molar-refractivity contribution in [2.75, 3.05) is 0 Å². The van der Waals surface area contributed by atoms with Crippen molar-refractivity contribution in [3.05, 3.63) is 35.9 Å². The molecule has 1 heterocycles. The van der Waals surface area contributed by atoms with E-state index in [9.17, 15) is 14.9 Å². The highest BCUT2D eigenvalue weighted by molar-refractivity contribution is 5.87. The van der Waals surface area contributed by atoms with E-state index in [1.807, 2.05) is 37.3 Å². The number of carbonyl (C=O) groups is 2. The van der Waals surface area contributed by atoms with Crippen LogP contribution in [0.2, 0.25) is 0 Å². The molecule has 0 bridgehead atoms. The first-order valence-corrected chi connectivity index (χ1v) is 8.71. The van der Waals surface area contributed by atoms with Crippen molar-refractivity contribution >= 4 is 12.3 Å². The summed E-state index contributed by atoms with van der Waals surface area (Å²) in [5.74, 6) is -1.50. The van der Waals surface area contributed by atoms with Gasteiger partial charge in [-0.15, -0.1) is 0 Å². The van der Waals surface area contributed by atoms with E-state index in [1.165, 1.54) is 0 Å². The maximum atomic E-state index is 12.9. The van der Waals surface area contributed by atoms with E-state index in [2.05, 4.69) is 11.4 Å². The number of nitrogens with zero attached hydrogens (tertiary/aromatic N) is 1. The second-order valence-electron chi connectivity index (χ2n) is 7.56. The van der Waals surface area contributed by atoms with Crippen LogP contribution < -0.4 is 5.32 Å². The molecule has 1 fully saturated rings. The number of nitrogens with one attached hydrogen (secondary N) is 1. The Labute approximate surface area is 149 Å². The fraction of sp³-hybridized carbons (Fsp3) is 0.550. The summed E-state index contributed by atoms with van der Waals surface area (Å²) >= 11 is 0. The van der Waals surface area contributed by atoms with Crippen LogP contribution in [0.1, 0.15) is 52.1 Å². The molecule has 1 aliphatic heterocycles. The third kappa shape index (κ3) is 3.74. The lowest BCUT2D eigenvalue weighted by atomic mass is 9.76. The molecule has 1 aromatic rings. The molecule has 4 atom stereocenters. The Hall–Kier alpha value is -2.19. The first-order chi connectivity index (χ1) is 11.8. The molecule has 1 aliphatic rings. The molecule has 1 aromatic carbocycles. The van der Waals surface area contributed by atoms with Gasteiger partial charge in [0.05, 0.1) is 6.07 Å². The minimum absolute atomic E-state index is 0.387. The van der Waals surface area contributed by atoms with Crippen LogP contribution in [0.3, 0.4) is 0 Å². The van der Waals surface area contributed by atoms with Crippen molar-refractivity contribution in [2.24, 2.45) is 11.8 Å². The summed E-state index contributed by atoms with van der Waals surface area (Å²) in [4.78, 5) is 24.8. The van der Waals surface area contributed by atoms with E-state index >= 15 is 0 Å². The van der Waals surface area contributed by atoms with Crippen molar-refractivity contribution in [3.63, 3.8) is 0 Å². The minimum Gasteiger partial charge on any atom is -0.458 e. The summed E-state index contributed by atoms with van der Waals surface area (Å²) in [5, 5.41) is 13.1. The van der Waals surface area contributed by atoms with Crippen LogP contribution in [0.25, 0.3) is 0 Å². The summed E-state index contributed by atoms with van der Waals surface area (Å²) < 4.78 is 5.53. The van der Waals surface area contributed by atoms with Crippen molar-refractivity contribution in [1.82, 2.24) is 5.32 Å². The molecule has 25 heavy (non-hydrogen) atoms. The van der Waals surface area contributed by atoms with Gasteiger partial charge < -0.3 is 9.53 Å². The zero-order valence-electron chi connectivity index (χ0n) is 15.3. The van der Waals surface area contributed by atoms with Gasteiger partial charge in [0.2, 0.25) is 5.54 Å². The van der Waals surface area contributed by atoms with Gasteiger partial charge >= 0.3 is 5.97 Å². The van der Waals surface area contributed by atoms with Gasteiger partial charge in [0.15, 0.2) is 0 Å². The normalized spacial score (nSPS) is 29.0. The van der Waals surface area contributed by atoms with Gasteiger partial charge in [0, 0.05) is 17.9 Å². The van der Waals surface area contributed by atoms with Crippen molar-refractivity contribution in [2.45, 2.75) is 57.7 Å². The number of carbonyl (C=O) groups excluding carboxylic acids is 2. The van der Waals surface area contributed by atoms with Gasteiger partial charge in [-0.25, -0.2) is 4.79 Å². The highest BCUT2D eigenvalue weighted by atomic mass is 16.6. The first-order valence-electron chi connectivity index (χ1n) is 8.71. The van der Waals surface area contributed by atoms with E-state index in [4.69, 9.17) is 4.74 Å². The topological polar surface area (TPSA) is 79.2 Å². The van der Waals surface area contributed by atoms with Crippen molar-refractivity contribution in [3.8, 4) is 6.07 Å². The highest BCUT2D eigenvalue weighted by Gasteiger charge is 2.59. The fourth-order valence-electron chi connectivity index (χ4n) is 3.56. The fourth-order valence-corrected chi connectivity index (χ4v) is 3.56. The minimum atomic E-state index is -1.52. The predicted molar refractivity (Wildman–Crippen MR) is 94.5 cm³/mol. The molecular weight excluding hydrogens is 316 g/mol. The molecule has 0 unspecified atom stereocenters. The molecule has 0 saturated carbocycles. The standard InChI is InChI=1S/C20H26N2O3/c1-5-9-16-15(12-23)17(14-10-7-6-8-11-14)22-20(16,13-21)18(24)25-19(2,3)4/h6-8,10-12,15-17,22H,5,9H2,1-4H3/t15-,16-,17-,20-/m1/s1.